The molecule has 1 aliphatic rings. The number of benzene rings is 1. The van der Waals surface area contributed by atoms with Crippen LogP contribution in [-0.2, 0) is 11.2 Å². The van der Waals surface area contributed by atoms with E-state index in [0.717, 1.165) is 24.9 Å². The van der Waals surface area contributed by atoms with Gasteiger partial charge in [-0.25, -0.2) is 0 Å². The molecule has 0 saturated carbocycles. The van der Waals surface area contributed by atoms with Crippen LogP contribution in [0.25, 0.3) is 0 Å². The number of nitrogens with one attached hydrogen (secondary N) is 1. The lowest BCUT2D eigenvalue weighted by atomic mass is 9.98. The Kier molecular flexibility index (Phi) is 5.15. The Morgan fingerprint density at radius 2 is 2.15 bits per heavy atom. The van der Waals surface area contributed by atoms with Crippen LogP contribution in [0.1, 0.15) is 25.3 Å². The van der Waals surface area contributed by atoms with E-state index in [-0.39, 0.29) is 11.9 Å². The van der Waals surface area contributed by atoms with Crippen molar-refractivity contribution in [2.75, 3.05) is 13.6 Å². The second-order valence-electron chi connectivity index (χ2n) is 5.86. The number of rotatable bonds is 4. The minimum atomic E-state index is -0.465. The number of hydrogen-bond donors (Lipinski definition) is 2. The van der Waals surface area contributed by atoms with E-state index in [1.165, 1.54) is 0 Å². The molecule has 4 heteroatoms. The highest BCUT2D eigenvalue weighted by atomic mass is 16.2. The second kappa shape index (κ2) is 6.86. The lowest BCUT2D eigenvalue weighted by Crippen LogP contribution is -2.51. The molecule has 0 aliphatic carbocycles. The predicted molar refractivity (Wildman–Crippen MR) is 81.4 cm³/mol. The summed E-state index contributed by atoms with van der Waals surface area (Å²) in [5.74, 6) is -0.0318. The highest BCUT2D eigenvalue weighted by molar-refractivity contribution is 5.82. The summed E-state index contributed by atoms with van der Waals surface area (Å²) in [5.41, 5.74) is 7.11. The molecular weight excluding hydrogens is 250 g/mol. The first-order valence-corrected chi connectivity index (χ1v) is 7.36. The van der Waals surface area contributed by atoms with E-state index in [4.69, 9.17) is 5.73 Å². The normalized spacial score (nSPS) is 25.1. The molecule has 1 fully saturated rings. The standard InChI is InChI=1S/C16H25N3O/c1-12-10-14(8-9-19(12)2)18-16(20)15(17)11-13-6-4-3-5-7-13/h3-7,12,14-15H,8-11,17H2,1-2H3,(H,18,20)/t12?,14?,15-/m0/s1. The van der Waals surface area contributed by atoms with Crippen LogP contribution in [0.5, 0.6) is 0 Å². The van der Waals surface area contributed by atoms with Crippen molar-refractivity contribution in [3.63, 3.8) is 0 Å². The molecule has 2 unspecified atom stereocenters. The summed E-state index contributed by atoms with van der Waals surface area (Å²) < 4.78 is 0. The van der Waals surface area contributed by atoms with Gasteiger partial charge in [-0.1, -0.05) is 30.3 Å². The average Bonchev–Trinajstić information content (AvgIpc) is 2.44. The summed E-state index contributed by atoms with van der Waals surface area (Å²) in [7, 11) is 2.13. The van der Waals surface area contributed by atoms with Crippen LogP contribution in [0.4, 0.5) is 0 Å². The molecule has 2 rings (SSSR count). The maximum Gasteiger partial charge on any atom is 0.237 e. The van der Waals surface area contributed by atoms with Crippen LogP contribution >= 0.6 is 0 Å². The van der Waals surface area contributed by atoms with Crippen LogP contribution in [0.15, 0.2) is 30.3 Å². The molecule has 1 aromatic carbocycles. The molecule has 0 bridgehead atoms. The molecule has 1 amide bonds. The van der Waals surface area contributed by atoms with E-state index < -0.39 is 6.04 Å². The van der Waals surface area contributed by atoms with Crippen molar-refractivity contribution in [2.24, 2.45) is 5.73 Å². The summed E-state index contributed by atoms with van der Waals surface area (Å²) in [5, 5.41) is 3.10. The van der Waals surface area contributed by atoms with Gasteiger partial charge in [0.1, 0.15) is 0 Å². The van der Waals surface area contributed by atoms with E-state index in [1.54, 1.807) is 0 Å². The van der Waals surface area contributed by atoms with Crippen LogP contribution in [-0.4, -0.2) is 42.5 Å². The maximum atomic E-state index is 12.2. The Morgan fingerprint density at radius 1 is 1.45 bits per heavy atom. The van der Waals surface area contributed by atoms with Crippen molar-refractivity contribution < 1.29 is 4.79 Å². The summed E-state index contributed by atoms with van der Waals surface area (Å²) in [6, 6.07) is 10.2. The molecule has 0 spiro atoms. The number of carbonyl (C=O) groups excluding carboxylic acids is 1. The van der Waals surface area contributed by atoms with Crippen LogP contribution in [0, 0.1) is 0 Å². The summed E-state index contributed by atoms with van der Waals surface area (Å²) in [6.07, 6.45) is 2.60. The molecular formula is C16H25N3O. The Hall–Kier alpha value is -1.39. The Labute approximate surface area is 121 Å². The number of nitrogens with zero attached hydrogens (tertiary/aromatic N) is 1. The average molecular weight is 275 g/mol. The van der Waals surface area contributed by atoms with Gasteiger partial charge in [0.05, 0.1) is 6.04 Å². The first-order valence-electron chi connectivity index (χ1n) is 7.36. The van der Waals surface area contributed by atoms with Crippen molar-refractivity contribution in [3.8, 4) is 0 Å². The lowest BCUT2D eigenvalue weighted by Gasteiger charge is -2.35. The predicted octanol–water partition coefficient (Wildman–Crippen LogP) is 1.16. The van der Waals surface area contributed by atoms with Crippen LogP contribution in [0.3, 0.4) is 0 Å². The van der Waals surface area contributed by atoms with Gasteiger partial charge in [-0.15, -0.1) is 0 Å². The highest BCUT2D eigenvalue weighted by Crippen LogP contribution is 2.15. The zero-order valence-corrected chi connectivity index (χ0v) is 12.4. The Morgan fingerprint density at radius 3 is 2.80 bits per heavy atom. The zero-order chi connectivity index (χ0) is 14.5. The molecule has 4 nitrogen and oxygen atoms in total. The quantitative estimate of drug-likeness (QED) is 0.867. The summed E-state index contributed by atoms with van der Waals surface area (Å²) >= 11 is 0. The topological polar surface area (TPSA) is 58.4 Å². The fraction of sp³-hybridized carbons (Fsp3) is 0.562. The zero-order valence-electron chi connectivity index (χ0n) is 12.4. The lowest BCUT2D eigenvalue weighted by molar-refractivity contribution is -0.123. The van der Waals surface area contributed by atoms with Crippen molar-refractivity contribution in [2.45, 2.75) is 44.3 Å². The van der Waals surface area contributed by atoms with Crippen molar-refractivity contribution in [1.29, 1.82) is 0 Å². The fourth-order valence-electron chi connectivity index (χ4n) is 2.69. The molecule has 0 radical (unpaired) electrons. The first-order chi connectivity index (χ1) is 9.56. The van der Waals surface area contributed by atoms with Gasteiger partial charge in [0.2, 0.25) is 5.91 Å². The minimum absolute atomic E-state index is 0.0318. The van der Waals surface area contributed by atoms with E-state index >= 15 is 0 Å². The van der Waals surface area contributed by atoms with E-state index in [2.05, 4.69) is 24.2 Å². The number of likely N-dealkylation sites (tertiary alicyclic amines) is 1. The number of hydrogen-bond acceptors (Lipinski definition) is 3. The van der Waals surface area contributed by atoms with E-state index in [0.29, 0.717) is 12.5 Å². The SMILES string of the molecule is CC1CC(NC(=O)[C@@H](N)Cc2ccccc2)CCN1C. The highest BCUT2D eigenvalue weighted by Gasteiger charge is 2.25. The van der Waals surface area contributed by atoms with Gasteiger partial charge in [0.25, 0.3) is 0 Å². The van der Waals surface area contributed by atoms with Gasteiger partial charge in [-0.2, -0.15) is 0 Å². The maximum absolute atomic E-state index is 12.2. The number of amides is 1. The molecule has 1 aromatic rings. The molecule has 1 aliphatic heterocycles. The molecule has 3 N–H and O–H groups in total. The summed E-state index contributed by atoms with van der Waals surface area (Å²) in [4.78, 5) is 14.5. The molecule has 20 heavy (non-hydrogen) atoms. The second-order valence-corrected chi connectivity index (χ2v) is 5.86. The largest absolute Gasteiger partial charge is 0.352 e. The van der Waals surface area contributed by atoms with Gasteiger partial charge in [0, 0.05) is 18.6 Å². The molecule has 3 atom stereocenters. The third-order valence-corrected chi connectivity index (χ3v) is 4.19. The van der Waals surface area contributed by atoms with Crippen molar-refractivity contribution in [1.82, 2.24) is 10.2 Å². The van der Waals surface area contributed by atoms with E-state index in [9.17, 15) is 4.79 Å². The monoisotopic (exact) mass is 275 g/mol. The van der Waals surface area contributed by atoms with Crippen molar-refractivity contribution in [3.05, 3.63) is 35.9 Å². The van der Waals surface area contributed by atoms with Gasteiger partial charge in [-0.05, 0) is 38.8 Å². The van der Waals surface area contributed by atoms with Crippen molar-refractivity contribution >= 4 is 5.91 Å². The number of piperidine rings is 1. The molecule has 110 valence electrons. The third kappa shape index (κ3) is 4.05. The molecule has 0 aromatic heterocycles. The Balaban J connectivity index is 1.82. The Bertz CT molecular complexity index is 435. The van der Waals surface area contributed by atoms with Gasteiger partial charge in [-0.3, -0.25) is 4.79 Å². The first kappa shape index (κ1) is 15.0. The van der Waals surface area contributed by atoms with E-state index in [1.807, 2.05) is 30.3 Å². The molecule has 1 saturated heterocycles. The van der Waals surface area contributed by atoms with Gasteiger partial charge >= 0.3 is 0 Å². The molecule has 1 heterocycles. The van der Waals surface area contributed by atoms with Gasteiger partial charge < -0.3 is 16.0 Å². The minimum Gasteiger partial charge on any atom is -0.352 e. The number of carbonyl (C=O) groups is 1. The third-order valence-electron chi connectivity index (χ3n) is 4.19. The van der Waals surface area contributed by atoms with Gasteiger partial charge in [0.15, 0.2) is 0 Å². The van der Waals surface area contributed by atoms with Crippen LogP contribution < -0.4 is 11.1 Å². The van der Waals surface area contributed by atoms with Crippen LogP contribution in [0.2, 0.25) is 0 Å². The fourth-order valence-corrected chi connectivity index (χ4v) is 2.69. The smallest absolute Gasteiger partial charge is 0.237 e. The summed E-state index contributed by atoms with van der Waals surface area (Å²) in [6.45, 7) is 3.22. The number of nitrogens with two attached hydrogens (primary N) is 1.